The molecule has 144 heavy (non-hydrogen) atoms. The molecule has 12 atom stereocenters. The van der Waals surface area contributed by atoms with Gasteiger partial charge in [0.05, 0.1) is 83.3 Å². The molecule has 0 bridgehead atoms. The molecule has 24 rings (SSSR count). The van der Waals surface area contributed by atoms with Crippen molar-refractivity contribution < 1.29 is 201 Å². The van der Waals surface area contributed by atoms with Gasteiger partial charge in [-0.1, -0.05) is 72.5 Å². The molecule has 12 aromatic rings. The Bertz CT molecular complexity index is 9770. The first-order valence-corrected chi connectivity index (χ1v) is 43.4. The van der Waals surface area contributed by atoms with Gasteiger partial charge >= 0.3 is 0 Å². The third-order valence-corrected chi connectivity index (χ3v) is 21.7. The topological polar surface area (TPSA) is 238 Å². The fourth-order valence-corrected chi connectivity index (χ4v) is 14.6. The molecule has 12 aliphatic rings. The highest BCUT2D eigenvalue weighted by atomic mass is 19.1. The minimum atomic E-state index is -3.62. The van der Waals surface area contributed by atoms with E-state index in [9.17, 15) is 26.3 Å². The Labute approximate surface area is 925 Å². The maximum Gasteiger partial charge on any atom is 0.231 e. The van der Waals surface area contributed by atoms with Gasteiger partial charge in [-0.25, -0.2) is 26.3 Å². The molecular formula is C114H120F6N6O18. The fraction of sp³-hybridized carbons (Fsp3) is 0.368. The van der Waals surface area contributed by atoms with E-state index < -0.39 is 411 Å². The van der Waals surface area contributed by atoms with Crippen LogP contribution in [0.25, 0.3) is 0 Å². The molecule has 0 aromatic heterocycles. The second-order valence-corrected chi connectivity index (χ2v) is 30.9. The monoisotopic (exact) mass is 2040 g/mol. The zero-order valence-corrected chi connectivity index (χ0v) is 74.0. The van der Waals surface area contributed by atoms with Crippen LogP contribution in [0.3, 0.4) is 0 Å². The van der Waals surface area contributed by atoms with E-state index in [0.717, 1.165) is 30.3 Å². The van der Waals surface area contributed by atoms with E-state index in [4.69, 9.17) is 174 Å². The molecule has 0 spiro atoms. The van der Waals surface area contributed by atoms with Gasteiger partial charge in [-0.3, -0.25) is 0 Å². The first-order valence-electron chi connectivity index (χ1n) is 75.9. The second-order valence-electron chi connectivity index (χ2n) is 30.9. The second kappa shape index (κ2) is 49.1. The maximum atomic E-state index is 14.3. The van der Waals surface area contributed by atoms with Crippen molar-refractivity contribution >= 4 is 0 Å². The summed E-state index contributed by atoms with van der Waals surface area (Å²) in [4.78, 5) is 0. The van der Waals surface area contributed by atoms with Crippen molar-refractivity contribution in [1.29, 1.82) is 0 Å². The van der Waals surface area contributed by atoms with Crippen LogP contribution in [0.5, 0.6) is 103 Å². The van der Waals surface area contributed by atoms with Crippen LogP contribution in [-0.4, -0.2) is 158 Å². The summed E-state index contributed by atoms with van der Waals surface area (Å²) >= 11 is 0. The fourth-order valence-electron chi connectivity index (χ4n) is 14.6. The Balaban J connectivity index is 0.000000148. The Morgan fingerprint density at radius 2 is 0.535 bits per heavy atom. The third kappa shape index (κ3) is 26.5. The van der Waals surface area contributed by atoms with E-state index in [1.807, 2.05) is 5.32 Å². The average molecular weight is 2040 g/mol. The number of fused-ring (bicyclic) bond motifs is 6. The molecule has 12 aromatic carbocycles. The Morgan fingerprint density at radius 3 is 0.924 bits per heavy atom. The number of ether oxygens (including phenoxy) is 18. The molecule has 0 saturated carbocycles. The van der Waals surface area contributed by atoms with Crippen molar-refractivity contribution in [3.63, 3.8) is 0 Å². The molecule has 6 unspecified atom stereocenters. The molecule has 12 heterocycles. The largest absolute Gasteiger partial charge is 0.493 e. The summed E-state index contributed by atoms with van der Waals surface area (Å²) in [6.45, 7) is -45.0. The molecule has 24 nitrogen and oxygen atoms in total. The van der Waals surface area contributed by atoms with E-state index in [2.05, 4.69) is 26.6 Å². The number of hydrogen-bond acceptors (Lipinski definition) is 24. The molecule has 6 fully saturated rings. The van der Waals surface area contributed by atoms with Gasteiger partial charge in [0.1, 0.15) is 85.8 Å². The van der Waals surface area contributed by atoms with Gasteiger partial charge in [-0.2, -0.15) is 0 Å². The van der Waals surface area contributed by atoms with Crippen molar-refractivity contribution in [2.45, 2.75) is 73.9 Å². The highest BCUT2D eigenvalue weighted by Crippen LogP contribution is 2.45. The van der Waals surface area contributed by atoms with Crippen LogP contribution in [0, 0.1) is 70.3 Å². The summed E-state index contributed by atoms with van der Waals surface area (Å²) in [6.07, 6.45) is -6.75. The van der Waals surface area contributed by atoms with Gasteiger partial charge in [0, 0.05) is 140 Å². The SMILES string of the molecule is [2H]c1c([2H])c([C@@H]2CCNC([2H])([2H])C2([2H])C([2H])([2H])Oc2ccc3c(c2)OC([2H])([2H])O3)c([2H])c([2H])c1F.[2H]c1c([2H])c([C@@H]2CCNC([2H])([2H])C2([2H])COc2ccc3c(c2)OC([2H])([2H])O3)c([2H])c([2H])c1F.[2H]c1c([2H])c([C@@H]2CCNC([2H])([2H])C2C([2H])([2H])Oc2ccc3c(c2)OC([2H])([2H])O3)c([2H])c([2H])c1F.[2H]c1c([2H])c([C@@H]2CCNC([2H])([2H])C2COc2ccc3c(c2)OC([2H])([2H])O3)c([2H])c([2H])c1F.[2H]c1c([2H])c([C@@]2([2H])C(C([2H])([2H])Oc3ccc4c(c3)OC([2H])([2H])O4)CNC([2H])([2H])C2([2H])[2H])c([2H])c([2H])c1F.[2H]c1c([2H])c([C@]2([2H])C([2H])([2H])C([2H])([2H])NCC2([2H])C([2H])([2H])Oc2ccc3c(c2)OC([2H])([2H])O3)c([2H])c([2H])c1F. The summed E-state index contributed by atoms with van der Waals surface area (Å²) in [5.74, 6) is -33.3. The summed E-state index contributed by atoms with van der Waals surface area (Å²) in [7, 11) is 0. The summed E-state index contributed by atoms with van der Waals surface area (Å²) in [5.41, 5.74) is -3.33. The van der Waals surface area contributed by atoms with Crippen LogP contribution in [0.4, 0.5) is 26.3 Å². The summed E-state index contributed by atoms with van der Waals surface area (Å²) in [5, 5.41) is 14.5. The van der Waals surface area contributed by atoms with Crippen molar-refractivity contribution in [2.75, 3.05) is 158 Å². The molecule has 0 amide bonds. The molecule has 756 valence electrons. The average Bonchev–Trinajstić information content (AvgIpc) is 0.839. The molecule has 0 aliphatic carbocycles. The van der Waals surface area contributed by atoms with Gasteiger partial charge in [0.25, 0.3) is 0 Å². The first-order chi connectivity index (χ1) is 95.7. The van der Waals surface area contributed by atoms with E-state index >= 15 is 0 Å². The normalized spacial score (nSPS) is 36.8. The van der Waals surface area contributed by atoms with Crippen LogP contribution in [0.2, 0.25) is 0 Å². The minimum absolute atomic E-state index is 0.00781. The predicted molar refractivity (Wildman–Crippen MR) is 529 cm³/mol. The van der Waals surface area contributed by atoms with Gasteiger partial charge in [0.2, 0.25) is 40.5 Å². The number of nitrogens with one attached hydrogen (secondary N) is 6. The maximum absolute atomic E-state index is 14.3. The number of rotatable bonds is 24. The Hall–Kier alpha value is -13.6. The first kappa shape index (κ1) is 47.9. The van der Waals surface area contributed by atoms with E-state index in [1.54, 1.807) is 0 Å². The molecule has 30 heteroatoms. The Kier molecular flexibility index (Phi) is 16.3. The van der Waals surface area contributed by atoms with Crippen LogP contribution in [0.1, 0.15) is 196 Å². The van der Waals surface area contributed by atoms with Gasteiger partial charge in [-0.05, 0) is 292 Å². The van der Waals surface area contributed by atoms with Crippen molar-refractivity contribution in [1.82, 2.24) is 31.9 Å². The van der Waals surface area contributed by atoms with Crippen LogP contribution >= 0.6 is 0 Å². The van der Waals surface area contributed by atoms with E-state index in [-0.39, 0.29) is 166 Å². The zero-order valence-electron chi connectivity index (χ0n) is 139. The number of piperidine rings is 6. The van der Waals surface area contributed by atoms with Crippen molar-refractivity contribution in [2.24, 2.45) is 35.4 Å². The molecule has 12 aliphatic heterocycles. The van der Waals surface area contributed by atoms with E-state index in [0.29, 0.717) is 6.42 Å². The minimum Gasteiger partial charge on any atom is -0.493 e. The lowest BCUT2D eigenvalue weighted by atomic mass is 9.81. The molecule has 0 radical (unpaired) electrons. The summed E-state index contributed by atoms with van der Waals surface area (Å²) < 4.78 is 707. The van der Waals surface area contributed by atoms with Gasteiger partial charge in [-0.15, -0.1) is 0 Å². The summed E-state index contributed by atoms with van der Waals surface area (Å²) in [6, 6.07) is 0.138. The zero-order chi connectivity index (χ0) is 156. The van der Waals surface area contributed by atoms with Gasteiger partial charge < -0.3 is 117 Å². The lowest BCUT2D eigenvalue weighted by molar-refractivity contribution is 0.173. The number of hydrogen-bond donors (Lipinski definition) is 6. The highest BCUT2D eigenvalue weighted by molar-refractivity contribution is 5.52. The predicted octanol–water partition coefficient (Wildman–Crippen LogP) is 20.0. The molecule has 6 N–H and O–H groups in total. The standard InChI is InChI=1S/6C19H20FNO3/c6*20-15-3-1-13(2-4-15)17-7-8-21-10-14(17)11-22-16-5-6-18-19(9-16)24-12-23-18/h6*1-6,9,14,17,21H,7-8,10-12H2/t6*14?,17-/m000000/s1/i1D,2D,3D,4D,7D2,8D2,11D2,12D2,14D,17D;1D,2D,3D,4D,7D2,8D2,11D2,12D2,17D;1D,2D,3D,4D,10D2,11D2,12D2,14D;1D,2D,3D,4D,10D2,12D2,14D;1D,2D,3D,4D,10D2,11D2,12D2;1D,2D,3D,4D,10D2,12D2. The smallest absolute Gasteiger partial charge is 0.231 e. The van der Waals surface area contributed by atoms with Crippen molar-refractivity contribution in [3.05, 3.63) is 322 Å². The van der Waals surface area contributed by atoms with E-state index in [1.165, 1.54) is 78.9 Å². The third-order valence-electron chi connectivity index (χ3n) is 21.7. The molecule has 6 saturated heterocycles. The quantitative estimate of drug-likeness (QED) is 0.0308. The lowest BCUT2D eigenvalue weighted by Crippen LogP contribution is -2.38. The Morgan fingerprint density at radius 1 is 0.264 bits per heavy atom. The van der Waals surface area contributed by atoms with Gasteiger partial charge in [0.15, 0.2) is 69.0 Å². The van der Waals surface area contributed by atoms with Crippen LogP contribution in [0.15, 0.2) is 254 Å². The van der Waals surface area contributed by atoms with Crippen LogP contribution < -0.4 is 117 Å². The van der Waals surface area contributed by atoms with Crippen LogP contribution in [-0.2, 0) is 0 Å². The number of halogens is 6. The number of benzene rings is 12. The highest BCUT2D eigenvalue weighted by Gasteiger charge is 2.35. The lowest BCUT2D eigenvalue weighted by Gasteiger charge is -2.32. The molecular weight excluding hydrogens is 1860 g/mol. The van der Waals surface area contributed by atoms with Crippen molar-refractivity contribution in [3.8, 4) is 103 Å².